The minimum atomic E-state index is 0.439. The minimum Gasteiger partial charge on any atom is -0.494 e. The van der Waals surface area contributed by atoms with Crippen LogP contribution < -0.4 is 5.73 Å². The van der Waals surface area contributed by atoms with Gasteiger partial charge in [0.25, 0.3) is 0 Å². The van der Waals surface area contributed by atoms with Crippen LogP contribution in [0.5, 0.6) is 0 Å². The Balaban J connectivity index is 1.76. The van der Waals surface area contributed by atoms with E-state index in [1.54, 1.807) is 5.57 Å². The maximum Gasteiger partial charge on any atom is 0.106 e. The van der Waals surface area contributed by atoms with Gasteiger partial charge in [0, 0.05) is 12.3 Å². The Labute approximate surface area is 168 Å². The van der Waals surface area contributed by atoms with E-state index >= 15 is 0 Å². The van der Waals surface area contributed by atoms with Crippen LogP contribution in [0.4, 0.5) is 0 Å². The first-order valence-corrected chi connectivity index (χ1v) is 11.7. The van der Waals surface area contributed by atoms with Crippen molar-refractivity contribution < 1.29 is 4.74 Å². The average molecular weight is 376 g/mol. The Bertz CT molecular complexity index is 565. The number of hydrogen-bond donors (Lipinski definition) is 1. The molecule has 0 radical (unpaired) electrons. The molecule has 1 heterocycles. The Morgan fingerprint density at radius 1 is 1.33 bits per heavy atom. The molecule has 7 atom stereocenters. The summed E-state index contributed by atoms with van der Waals surface area (Å²) in [5.41, 5.74) is 8.31. The van der Waals surface area contributed by atoms with Crippen LogP contribution in [0.15, 0.2) is 11.3 Å². The van der Waals surface area contributed by atoms with Crippen LogP contribution in [0, 0.1) is 40.4 Å². The second-order valence-corrected chi connectivity index (χ2v) is 11.2. The fraction of sp³-hybridized carbons (Fsp3) is 0.920. The van der Waals surface area contributed by atoms with Gasteiger partial charge in [-0.3, -0.25) is 0 Å². The van der Waals surface area contributed by atoms with Gasteiger partial charge in [-0.15, -0.1) is 0 Å². The van der Waals surface area contributed by atoms with Crippen molar-refractivity contribution in [2.75, 3.05) is 6.54 Å². The molecule has 1 aliphatic heterocycles. The molecule has 2 N–H and O–H groups in total. The highest BCUT2D eigenvalue weighted by Crippen LogP contribution is 2.65. The second kappa shape index (κ2) is 7.73. The number of ether oxygens (including phenoxy) is 1. The van der Waals surface area contributed by atoms with Crippen molar-refractivity contribution in [2.24, 2.45) is 46.2 Å². The predicted octanol–water partition coefficient (Wildman–Crippen LogP) is 6.55. The molecule has 2 heteroatoms. The van der Waals surface area contributed by atoms with Crippen LogP contribution in [0.2, 0.25) is 0 Å². The molecule has 0 unspecified atom stereocenters. The molecule has 3 rings (SSSR count). The summed E-state index contributed by atoms with van der Waals surface area (Å²) < 4.78 is 6.61. The molecule has 0 amide bonds. The number of rotatable bonds is 7. The normalized spacial score (nSPS) is 39.9. The van der Waals surface area contributed by atoms with E-state index in [4.69, 9.17) is 10.5 Å². The summed E-state index contributed by atoms with van der Waals surface area (Å²) in [5, 5.41) is 0. The molecule has 2 aliphatic carbocycles. The standard InChI is InChI=1S/C25H45NO/c1-8-12-24(5,6)19-11-13-25(7)20(17(19)3)14-22-23(25)18(4)21(27-22)10-9-16(2)15-26/h16-17,19-20,22-23H,8-15,26H2,1-7H3/t16-,17+,19-,20-,22-,23-,25-/m0/s1. The molecule has 2 saturated carbocycles. The third kappa shape index (κ3) is 3.61. The van der Waals surface area contributed by atoms with Crippen LogP contribution in [0.1, 0.15) is 93.4 Å². The Hall–Kier alpha value is -0.500. The molecular formula is C25H45NO. The van der Waals surface area contributed by atoms with Crippen LogP contribution in [0.3, 0.4) is 0 Å². The highest BCUT2D eigenvalue weighted by atomic mass is 16.5. The lowest BCUT2D eigenvalue weighted by molar-refractivity contribution is -0.0229. The first-order chi connectivity index (χ1) is 12.7. The van der Waals surface area contributed by atoms with Gasteiger partial charge in [-0.2, -0.15) is 0 Å². The summed E-state index contributed by atoms with van der Waals surface area (Å²) in [6.45, 7) is 18.0. The van der Waals surface area contributed by atoms with E-state index in [9.17, 15) is 0 Å². The zero-order valence-electron chi connectivity index (χ0n) is 19.1. The van der Waals surface area contributed by atoms with Gasteiger partial charge in [0.05, 0.1) is 5.76 Å². The Morgan fingerprint density at radius 3 is 2.67 bits per heavy atom. The largest absolute Gasteiger partial charge is 0.494 e. The van der Waals surface area contributed by atoms with Crippen LogP contribution in [-0.2, 0) is 4.74 Å². The van der Waals surface area contributed by atoms with Gasteiger partial charge in [0.15, 0.2) is 0 Å². The number of nitrogens with two attached hydrogens (primary N) is 1. The lowest BCUT2D eigenvalue weighted by Crippen LogP contribution is -2.45. The van der Waals surface area contributed by atoms with Gasteiger partial charge in [0.2, 0.25) is 0 Å². The van der Waals surface area contributed by atoms with Gasteiger partial charge in [-0.1, -0.05) is 48.0 Å². The Kier molecular flexibility index (Phi) is 6.07. The maximum atomic E-state index is 6.61. The van der Waals surface area contributed by atoms with Gasteiger partial charge in [-0.05, 0) is 85.6 Å². The lowest BCUT2D eigenvalue weighted by atomic mass is 9.53. The van der Waals surface area contributed by atoms with Gasteiger partial charge in [0.1, 0.15) is 6.10 Å². The van der Waals surface area contributed by atoms with Crippen molar-refractivity contribution in [2.45, 2.75) is 99.5 Å². The number of fused-ring (bicyclic) bond motifs is 3. The molecule has 0 saturated heterocycles. The van der Waals surface area contributed by atoms with E-state index in [-0.39, 0.29) is 0 Å². The fourth-order valence-electron chi connectivity index (χ4n) is 7.50. The lowest BCUT2D eigenvalue weighted by Gasteiger charge is -2.52. The van der Waals surface area contributed by atoms with Crippen LogP contribution >= 0.6 is 0 Å². The molecule has 0 spiro atoms. The van der Waals surface area contributed by atoms with Gasteiger partial charge < -0.3 is 10.5 Å². The average Bonchev–Trinajstić information content (AvgIpc) is 3.07. The van der Waals surface area contributed by atoms with Crippen molar-refractivity contribution in [3.05, 3.63) is 11.3 Å². The van der Waals surface area contributed by atoms with Crippen LogP contribution in [0.25, 0.3) is 0 Å². The SMILES string of the molecule is CCCC(C)(C)[C@H]1CC[C@@]2(C)[C@@H](C[C@@H]3OC(CC[C@H](C)CN)=C(C)[C@@H]32)[C@@H]1C. The van der Waals surface area contributed by atoms with E-state index in [2.05, 4.69) is 48.5 Å². The highest BCUT2D eigenvalue weighted by molar-refractivity contribution is 5.26. The molecule has 2 nitrogen and oxygen atoms in total. The summed E-state index contributed by atoms with van der Waals surface area (Å²) in [7, 11) is 0. The monoisotopic (exact) mass is 375 g/mol. The van der Waals surface area contributed by atoms with Gasteiger partial charge in [-0.25, -0.2) is 0 Å². The molecule has 156 valence electrons. The van der Waals surface area contributed by atoms with Crippen molar-refractivity contribution in [3.8, 4) is 0 Å². The molecule has 0 aromatic heterocycles. The van der Waals surface area contributed by atoms with E-state index in [1.807, 2.05) is 0 Å². The summed E-state index contributed by atoms with van der Waals surface area (Å²) in [6.07, 6.45) is 9.40. The summed E-state index contributed by atoms with van der Waals surface area (Å²) in [6, 6.07) is 0. The first-order valence-electron chi connectivity index (χ1n) is 11.7. The minimum absolute atomic E-state index is 0.439. The molecule has 2 fully saturated rings. The summed E-state index contributed by atoms with van der Waals surface area (Å²) in [4.78, 5) is 0. The highest BCUT2D eigenvalue weighted by Gasteiger charge is 2.61. The topological polar surface area (TPSA) is 35.2 Å². The quantitative estimate of drug-likeness (QED) is 0.547. The molecule has 0 bridgehead atoms. The maximum absolute atomic E-state index is 6.61. The third-order valence-electron chi connectivity index (χ3n) is 9.04. The smallest absolute Gasteiger partial charge is 0.106 e. The van der Waals surface area contributed by atoms with Crippen molar-refractivity contribution in [3.63, 3.8) is 0 Å². The summed E-state index contributed by atoms with van der Waals surface area (Å²) in [5.74, 6) is 5.06. The van der Waals surface area contributed by atoms with Crippen molar-refractivity contribution in [1.29, 1.82) is 0 Å². The van der Waals surface area contributed by atoms with Gasteiger partial charge >= 0.3 is 0 Å². The van der Waals surface area contributed by atoms with E-state index in [0.717, 1.165) is 37.1 Å². The first kappa shape index (κ1) is 21.2. The van der Waals surface area contributed by atoms with E-state index < -0.39 is 0 Å². The van der Waals surface area contributed by atoms with E-state index in [0.29, 0.717) is 28.8 Å². The fourth-order valence-corrected chi connectivity index (χ4v) is 7.50. The summed E-state index contributed by atoms with van der Waals surface area (Å²) >= 11 is 0. The zero-order chi connectivity index (χ0) is 20.0. The molecular weight excluding hydrogens is 330 g/mol. The molecule has 0 aromatic carbocycles. The third-order valence-corrected chi connectivity index (χ3v) is 9.04. The van der Waals surface area contributed by atoms with E-state index in [1.165, 1.54) is 37.9 Å². The van der Waals surface area contributed by atoms with Crippen LogP contribution in [-0.4, -0.2) is 12.6 Å². The molecule has 27 heavy (non-hydrogen) atoms. The predicted molar refractivity (Wildman–Crippen MR) is 115 cm³/mol. The number of allylic oxidation sites excluding steroid dienone is 1. The molecule has 3 aliphatic rings. The second-order valence-electron chi connectivity index (χ2n) is 11.2. The zero-order valence-corrected chi connectivity index (χ0v) is 19.1. The van der Waals surface area contributed by atoms with Crippen molar-refractivity contribution >= 4 is 0 Å². The number of hydrogen-bond acceptors (Lipinski definition) is 2. The van der Waals surface area contributed by atoms with Crippen molar-refractivity contribution in [1.82, 2.24) is 0 Å². The molecule has 0 aromatic rings. The Morgan fingerprint density at radius 2 is 2.04 bits per heavy atom.